The highest BCUT2D eigenvalue weighted by Crippen LogP contribution is 2.33. The van der Waals surface area contributed by atoms with Crippen LogP contribution in [0.4, 0.5) is 0 Å². The Labute approximate surface area is 130 Å². The molecule has 3 nitrogen and oxygen atoms in total. The average Bonchev–Trinajstić information content (AvgIpc) is 3.10. The quantitative estimate of drug-likeness (QED) is 0.906. The van der Waals surface area contributed by atoms with E-state index in [1.807, 2.05) is 11.4 Å². The van der Waals surface area contributed by atoms with E-state index in [2.05, 4.69) is 10.3 Å². The number of thiophene rings is 1. The summed E-state index contributed by atoms with van der Waals surface area (Å²) in [6.45, 7) is 1.61. The minimum atomic E-state index is -0.732. The number of aliphatic imine (C=N–C) groups is 1. The number of aliphatic hydroxyl groups is 1. The lowest BCUT2D eigenvalue weighted by atomic mass is 10.0. The van der Waals surface area contributed by atoms with Gasteiger partial charge in [0.1, 0.15) is 11.9 Å². The van der Waals surface area contributed by atoms with Gasteiger partial charge in [-0.3, -0.25) is 4.99 Å². The first-order valence-electron chi connectivity index (χ1n) is 6.16. The summed E-state index contributed by atoms with van der Waals surface area (Å²) in [5.74, 6) is 0.848. The summed E-state index contributed by atoms with van der Waals surface area (Å²) in [6.07, 6.45) is -0.732. The van der Waals surface area contributed by atoms with Gasteiger partial charge in [0.2, 0.25) is 0 Å². The van der Waals surface area contributed by atoms with Crippen molar-refractivity contribution in [3.63, 3.8) is 0 Å². The molecule has 1 aliphatic rings. The maximum absolute atomic E-state index is 10.6. The molecule has 3 rings (SSSR count). The number of benzene rings is 1. The Balaban J connectivity index is 1.96. The van der Waals surface area contributed by atoms with E-state index in [-0.39, 0.29) is 0 Å². The Morgan fingerprint density at radius 2 is 2.10 bits per heavy atom. The molecule has 20 heavy (non-hydrogen) atoms. The number of halogens is 2. The first-order chi connectivity index (χ1) is 9.66. The SMILES string of the molecule is OC(c1ccc(Cl)c(Cl)c1)c1sccc1C1=NCCN1. The summed E-state index contributed by atoms with van der Waals surface area (Å²) < 4.78 is 0. The van der Waals surface area contributed by atoms with Crippen molar-refractivity contribution in [3.05, 3.63) is 55.7 Å². The number of hydrogen-bond donors (Lipinski definition) is 2. The molecule has 0 amide bonds. The molecule has 0 aliphatic carbocycles. The van der Waals surface area contributed by atoms with Crippen LogP contribution in [0.25, 0.3) is 0 Å². The van der Waals surface area contributed by atoms with Crippen LogP contribution in [0.3, 0.4) is 0 Å². The van der Waals surface area contributed by atoms with Gasteiger partial charge in [-0.2, -0.15) is 0 Å². The molecular formula is C14H12Cl2N2OS. The Kier molecular flexibility index (Phi) is 3.98. The van der Waals surface area contributed by atoms with Gasteiger partial charge in [0.05, 0.1) is 16.6 Å². The Bertz CT molecular complexity index is 669. The second-order valence-corrected chi connectivity index (χ2v) is 6.19. The zero-order valence-corrected chi connectivity index (χ0v) is 12.8. The molecule has 1 aromatic heterocycles. The lowest BCUT2D eigenvalue weighted by Crippen LogP contribution is -2.20. The number of aliphatic hydroxyl groups excluding tert-OH is 1. The van der Waals surface area contributed by atoms with Crippen molar-refractivity contribution in [2.45, 2.75) is 6.10 Å². The fourth-order valence-electron chi connectivity index (χ4n) is 2.14. The van der Waals surface area contributed by atoms with Crippen LogP contribution in [-0.4, -0.2) is 24.0 Å². The van der Waals surface area contributed by atoms with Gasteiger partial charge in [0, 0.05) is 17.0 Å². The van der Waals surface area contributed by atoms with Crippen molar-refractivity contribution in [3.8, 4) is 0 Å². The summed E-state index contributed by atoms with van der Waals surface area (Å²) in [7, 11) is 0. The van der Waals surface area contributed by atoms with Crippen LogP contribution in [0.2, 0.25) is 10.0 Å². The third-order valence-corrected chi connectivity index (χ3v) is 4.84. The number of nitrogens with zero attached hydrogens (tertiary/aromatic N) is 1. The van der Waals surface area contributed by atoms with E-state index in [1.54, 1.807) is 18.2 Å². The van der Waals surface area contributed by atoms with Crippen molar-refractivity contribution in [1.82, 2.24) is 5.32 Å². The van der Waals surface area contributed by atoms with Gasteiger partial charge in [-0.25, -0.2) is 0 Å². The molecule has 6 heteroatoms. The second kappa shape index (κ2) is 5.74. The standard InChI is InChI=1S/C14H12Cl2N2OS/c15-10-2-1-8(7-11(10)16)12(19)13-9(3-6-20-13)14-17-4-5-18-14/h1-3,6-7,12,19H,4-5H2,(H,17,18). The molecule has 0 radical (unpaired) electrons. The average molecular weight is 327 g/mol. The first-order valence-corrected chi connectivity index (χ1v) is 7.79. The zero-order valence-electron chi connectivity index (χ0n) is 10.4. The number of hydrogen-bond acceptors (Lipinski definition) is 4. The summed E-state index contributed by atoms with van der Waals surface area (Å²) in [5, 5.41) is 16.7. The largest absolute Gasteiger partial charge is 0.383 e. The molecule has 104 valence electrons. The summed E-state index contributed by atoms with van der Waals surface area (Å²) in [5.41, 5.74) is 1.67. The normalized spacial score (nSPS) is 15.8. The van der Waals surface area contributed by atoms with E-state index in [0.29, 0.717) is 10.0 Å². The van der Waals surface area contributed by atoms with E-state index < -0.39 is 6.10 Å². The smallest absolute Gasteiger partial charge is 0.129 e. The van der Waals surface area contributed by atoms with Crippen LogP contribution >= 0.6 is 34.5 Å². The number of nitrogens with one attached hydrogen (secondary N) is 1. The van der Waals surface area contributed by atoms with Gasteiger partial charge in [0.25, 0.3) is 0 Å². The molecule has 0 saturated heterocycles. The van der Waals surface area contributed by atoms with Crippen molar-refractivity contribution < 1.29 is 5.11 Å². The van der Waals surface area contributed by atoms with E-state index in [1.165, 1.54) is 11.3 Å². The third-order valence-electron chi connectivity index (χ3n) is 3.13. The van der Waals surface area contributed by atoms with E-state index in [4.69, 9.17) is 23.2 Å². The molecule has 0 fully saturated rings. The van der Waals surface area contributed by atoms with E-state index in [9.17, 15) is 5.11 Å². The molecule has 0 bridgehead atoms. The summed E-state index contributed by atoms with van der Waals surface area (Å²) in [6, 6.07) is 7.15. The monoisotopic (exact) mass is 326 g/mol. The van der Waals surface area contributed by atoms with E-state index >= 15 is 0 Å². The Morgan fingerprint density at radius 3 is 2.80 bits per heavy atom. The van der Waals surface area contributed by atoms with Gasteiger partial charge >= 0.3 is 0 Å². The molecular weight excluding hydrogens is 315 g/mol. The van der Waals surface area contributed by atoms with Crippen LogP contribution in [0, 0.1) is 0 Å². The van der Waals surface area contributed by atoms with Crippen LogP contribution in [0.5, 0.6) is 0 Å². The maximum atomic E-state index is 10.6. The molecule has 1 aromatic carbocycles. The predicted molar refractivity (Wildman–Crippen MR) is 84.2 cm³/mol. The number of amidine groups is 1. The molecule has 1 aliphatic heterocycles. The van der Waals surface area contributed by atoms with Gasteiger partial charge < -0.3 is 10.4 Å². The van der Waals surface area contributed by atoms with E-state index in [0.717, 1.165) is 34.9 Å². The Morgan fingerprint density at radius 1 is 1.25 bits per heavy atom. The molecule has 2 aromatic rings. The third kappa shape index (κ3) is 2.56. The minimum absolute atomic E-state index is 0.442. The molecule has 0 saturated carbocycles. The molecule has 2 heterocycles. The van der Waals surface area contributed by atoms with Crippen molar-refractivity contribution in [1.29, 1.82) is 0 Å². The highest BCUT2D eigenvalue weighted by molar-refractivity contribution is 7.10. The number of rotatable bonds is 3. The van der Waals surface area contributed by atoms with Crippen LogP contribution < -0.4 is 5.32 Å². The van der Waals surface area contributed by atoms with Crippen LogP contribution in [0.1, 0.15) is 22.1 Å². The highest BCUT2D eigenvalue weighted by Gasteiger charge is 2.21. The van der Waals surface area contributed by atoms with Crippen LogP contribution in [0.15, 0.2) is 34.6 Å². The summed E-state index contributed by atoms with van der Waals surface area (Å²) >= 11 is 13.4. The van der Waals surface area contributed by atoms with Crippen molar-refractivity contribution >= 4 is 40.4 Å². The lowest BCUT2D eigenvalue weighted by Gasteiger charge is -2.13. The molecule has 1 unspecified atom stereocenters. The van der Waals surface area contributed by atoms with Gasteiger partial charge in [-0.1, -0.05) is 29.3 Å². The second-order valence-electron chi connectivity index (χ2n) is 4.43. The fraction of sp³-hybridized carbons (Fsp3) is 0.214. The van der Waals surface area contributed by atoms with Crippen molar-refractivity contribution in [2.75, 3.05) is 13.1 Å². The first kappa shape index (κ1) is 13.9. The Hall–Kier alpha value is -1.07. The maximum Gasteiger partial charge on any atom is 0.129 e. The zero-order chi connectivity index (χ0) is 14.1. The van der Waals surface area contributed by atoms with Crippen LogP contribution in [-0.2, 0) is 0 Å². The lowest BCUT2D eigenvalue weighted by molar-refractivity contribution is 0.224. The summed E-state index contributed by atoms with van der Waals surface area (Å²) in [4.78, 5) is 5.26. The molecule has 0 spiro atoms. The minimum Gasteiger partial charge on any atom is -0.383 e. The highest BCUT2D eigenvalue weighted by atomic mass is 35.5. The molecule has 2 N–H and O–H groups in total. The molecule has 1 atom stereocenters. The predicted octanol–water partition coefficient (Wildman–Crippen LogP) is 3.49. The van der Waals surface area contributed by atoms with Gasteiger partial charge in [-0.05, 0) is 29.1 Å². The van der Waals surface area contributed by atoms with Crippen molar-refractivity contribution in [2.24, 2.45) is 4.99 Å². The van der Waals surface area contributed by atoms with Gasteiger partial charge in [-0.15, -0.1) is 11.3 Å². The fourth-order valence-corrected chi connectivity index (χ4v) is 3.35. The topological polar surface area (TPSA) is 44.6 Å². The van der Waals surface area contributed by atoms with Gasteiger partial charge in [0.15, 0.2) is 0 Å².